The number of amides is 1. The fourth-order valence-corrected chi connectivity index (χ4v) is 6.15. The molecule has 3 aromatic rings. The number of nitrogens with two attached hydrogens (primary N) is 1. The summed E-state index contributed by atoms with van der Waals surface area (Å²) in [6.45, 7) is 8.20. The van der Waals surface area contributed by atoms with Crippen LogP contribution < -0.4 is 15.8 Å². The van der Waals surface area contributed by atoms with E-state index in [1.807, 2.05) is 57.3 Å². The third-order valence-corrected chi connectivity index (χ3v) is 9.29. The summed E-state index contributed by atoms with van der Waals surface area (Å²) in [5.41, 5.74) is 10.7. The molecule has 0 radical (unpaired) electrons. The molecule has 194 valence electrons. The van der Waals surface area contributed by atoms with E-state index in [9.17, 15) is 9.90 Å². The molecule has 4 N–H and O–H groups in total. The third-order valence-electron chi connectivity index (χ3n) is 8.40. The molecule has 1 aromatic heterocycles. The van der Waals surface area contributed by atoms with Gasteiger partial charge in [-0.2, -0.15) is 0 Å². The van der Waals surface area contributed by atoms with Gasteiger partial charge < -0.3 is 20.9 Å². The number of hydrogen-bond acceptors (Lipinski definition) is 5. The maximum absolute atomic E-state index is 13.5. The summed E-state index contributed by atoms with van der Waals surface area (Å²) in [7, 11) is 0. The van der Waals surface area contributed by atoms with Crippen LogP contribution in [0.3, 0.4) is 0 Å². The molecule has 1 unspecified atom stereocenters. The van der Waals surface area contributed by atoms with Gasteiger partial charge in [0.15, 0.2) is 5.60 Å². The minimum atomic E-state index is -0.948. The summed E-state index contributed by atoms with van der Waals surface area (Å²) in [6.07, 6.45) is 4.47. The monoisotopic (exact) mass is 517 g/mol. The van der Waals surface area contributed by atoms with Crippen LogP contribution in [-0.4, -0.2) is 29.0 Å². The first-order valence-electron chi connectivity index (χ1n) is 12.9. The number of aliphatic imine (C=N–C) groups is 1. The number of ether oxygens (including phenoxy) is 1. The maximum atomic E-state index is 13.5. The molecule has 0 bridgehead atoms. The lowest BCUT2D eigenvalue weighted by Crippen LogP contribution is -2.55. The van der Waals surface area contributed by atoms with Crippen LogP contribution in [0.2, 0.25) is 0 Å². The van der Waals surface area contributed by atoms with Gasteiger partial charge in [-0.05, 0) is 92.8 Å². The highest BCUT2D eigenvalue weighted by atomic mass is 32.1. The zero-order valence-electron chi connectivity index (χ0n) is 22.0. The Balaban J connectivity index is 1.29. The lowest BCUT2D eigenvalue weighted by Gasteiger charge is -2.44. The number of nitrogens with zero attached hydrogens (tertiary/aromatic N) is 1. The Kier molecular flexibility index (Phi) is 6.52. The Morgan fingerprint density at radius 3 is 2.46 bits per heavy atom. The molecule has 7 heteroatoms. The number of carbonyl (C=O) groups is 1. The lowest BCUT2D eigenvalue weighted by molar-refractivity contribution is -0.137. The van der Waals surface area contributed by atoms with E-state index in [1.165, 1.54) is 5.56 Å². The number of carbonyl (C=O) groups excluding carboxylic acids is 1. The minimum Gasteiger partial charge on any atom is -0.507 e. The van der Waals surface area contributed by atoms with Crippen molar-refractivity contribution >= 4 is 28.8 Å². The third kappa shape index (κ3) is 4.50. The summed E-state index contributed by atoms with van der Waals surface area (Å²) in [5, 5.41) is 15.7. The molecule has 1 fully saturated rings. The molecule has 1 aliphatic heterocycles. The summed E-state index contributed by atoms with van der Waals surface area (Å²) in [6, 6.07) is 12.2. The van der Waals surface area contributed by atoms with E-state index in [0.717, 1.165) is 57.8 Å². The predicted octanol–water partition coefficient (Wildman–Crippen LogP) is 5.74. The molecular formula is C30H35N3O3S. The average molecular weight is 518 g/mol. The van der Waals surface area contributed by atoms with E-state index >= 15 is 0 Å². The van der Waals surface area contributed by atoms with Crippen LogP contribution in [0.25, 0.3) is 0 Å². The molecule has 2 heterocycles. The molecule has 1 saturated carbocycles. The van der Waals surface area contributed by atoms with Gasteiger partial charge in [-0.25, -0.2) is 4.99 Å². The Morgan fingerprint density at radius 2 is 1.84 bits per heavy atom. The SMILES string of the molecule is Cc1c(C)c2c(c(C)c1O)CCC(C)(C(=O)NCC1(c3ccc(N=C(N)c4cccs4)cc3)CCC1)O2. The van der Waals surface area contributed by atoms with Crippen LogP contribution in [0, 0.1) is 20.8 Å². The highest BCUT2D eigenvalue weighted by molar-refractivity contribution is 7.12. The van der Waals surface area contributed by atoms with Crippen LogP contribution in [0.1, 0.15) is 65.3 Å². The number of nitrogens with one attached hydrogen (secondary N) is 1. The van der Waals surface area contributed by atoms with Crippen molar-refractivity contribution in [2.75, 3.05) is 6.54 Å². The van der Waals surface area contributed by atoms with Gasteiger partial charge in [0.25, 0.3) is 5.91 Å². The van der Waals surface area contributed by atoms with E-state index in [-0.39, 0.29) is 11.3 Å². The molecule has 1 aliphatic carbocycles. The molecule has 0 spiro atoms. The summed E-state index contributed by atoms with van der Waals surface area (Å²) >= 11 is 1.57. The highest BCUT2D eigenvalue weighted by Crippen LogP contribution is 2.45. The van der Waals surface area contributed by atoms with E-state index < -0.39 is 5.60 Å². The molecule has 1 amide bonds. The fraction of sp³-hybridized carbons (Fsp3) is 0.400. The van der Waals surface area contributed by atoms with E-state index in [2.05, 4.69) is 22.4 Å². The Hall–Kier alpha value is -3.32. The van der Waals surface area contributed by atoms with E-state index in [4.69, 9.17) is 10.5 Å². The zero-order chi connectivity index (χ0) is 26.4. The van der Waals surface area contributed by atoms with Gasteiger partial charge in [0.1, 0.15) is 17.3 Å². The van der Waals surface area contributed by atoms with Gasteiger partial charge >= 0.3 is 0 Å². The van der Waals surface area contributed by atoms with Crippen LogP contribution in [0.15, 0.2) is 46.8 Å². The summed E-state index contributed by atoms with van der Waals surface area (Å²) < 4.78 is 6.39. The van der Waals surface area contributed by atoms with E-state index in [1.54, 1.807) is 11.3 Å². The number of phenols is 1. The molecule has 1 atom stereocenters. The second-order valence-corrected chi connectivity index (χ2v) is 11.6. The second-order valence-electron chi connectivity index (χ2n) is 10.7. The predicted molar refractivity (Wildman–Crippen MR) is 149 cm³/mol. The zero-order valence-corrected chi connectivity index (χ0v) is 22.8. The van der Waals surface area contributed by atoms with E-state index in [0.29, 0.717) is 31.0 Å². The molecule has 5 rings (SSSR count). The van der Waals surface area contributed by atoms with Crippen molar-refractivity contribution in [2.45, 2.75) is 70.8 Å². The Morgan fingerprint density at radius 1 is 1.11 bits per heavy atom. The van der Waals surface area contributed by atoms with Crippen molar-refractivity contribution < 1.29 is 14.6 Å². The number of phenolic OH excluding ortho intramolecular Hbond substituents is 1. The topological polar surface area (TPSA) is 96.9 Å². The van der Waals surface area contributed by atoms with Crippen molar-refractivity contribution in [3.8, 4) is 11.5 Å². The highest BCUT2D eigenvalue weighted by Gasteiger charge is 2.44. The first-order valence-corrected chi connectivity index (χ1v) is 13.8. The lowest BCUT2D eigenvalue weighted by atomic mass is 9.64. The van der Waals surface area contributed by atoms with Gasteiger partial charge in [0.05, 0.1) is 10.6 Å². The maximum Gasteiger partial charge on any atom is 0.263 e. The Bertz CT molecular complexity index is 1360. The van der Waals surface area contributed by atoms with Gasteiger partial charge in [0.2, 0.25) is 0 Å². The molecule has 2 aromatic carbocycles. The second kappa shape index (κ2) is 9.53. The number of amidine groups is 1. The number of fused-ring (bicyclic) bond motifs is 1. The van der Waals surface area contributed by atoms with Crippen LogP contribution in [-0.2, 0) is 16.6 Å². The average Bonchev–Trinajstić information content (AvgIpc) is 3.41. The van der Waals surface area contributed by atoms with Gasteiger partial charge in [-0.1, -0.05) is 24.6 Å². The first kappa shape index (κ1) is 25.3. The molecule has 2 aliphatic rings. The molecule has 37 heavy (non-hydrogen) atoms. The van der Waals surface area contributed by atoms with Crippen LogP contribution >= 0.6 is 11.3 Å². The fourth-order valence-electron chi connectivity index (χ4n) is 5.52. The van der Waals surface area contributed by atoms with Crippen molar-refractivity contribution in [3.05, 3.63) is 74.5 Å². The summed E-state index contributed by atoms with van der Waals surface area (Å²) in [4.78, 5) is 19.0. The molecular weight excluding hydrogens is 482 g/mol. The normalized spacial score (nSPS) is 20.5. The van der Waals surface area contributed by atoms with Crippen molar-refractivity contribution in [3.63, 3.8) is 0 Å². The van der Waals surface area contributed by atoms with Gasteiger partial charge in [0, 0.05) is 23.9 Å². The number of rotatable bonds is 6. The Labute approximate surface area is 222 Å². The molecule has 0 saturated heterocycles. The number of benzene rings is 2. The van der Waals surface area contributed by atoms with Gasteiger partial charge in [-0.15, -0.1) is 11.3 Å². The van der Waals surface area contributed by atoms with Crippen LogP contribution in [0.4, 0.5) is 5.69 Å². The van der Waals surface area contributed by atoms with Gasteiger partial charge in [-0.3, -0.25) is 4.79 Å². The van der Waals surface area contributed by atoms with Crippen LogP contribution in [0.5, 0.6) is 11.5 Å². The van der Waals surface area contributed by atoms with Crippen molar-refractivity contribution in [1.29, 1.82) is 0 Å². The standard InChI is InChI=1S/C30H35N3O3S/c1-18-19(2)26-23(20(3)25(18)34)12-15-29(4,36-26)28(35)32-17-30(13-6-14-30)21-8-10-22(11-9-21)33-27(31)24-7-5-16-37-24/h5,7-11,16,34H,6,12-15,17H2,1-4H3,(H2,31,33)(H,32,35). The smallest absolute Gasteiger partial charge is 0.263 e. The molecule has 6 nitrogen and oxygen atoms in total. The number of thiophene rings is 1. The minimum absolute atomic E-state index is 0.0744. The van der Waals surface area contributed by atoms with Crippen molar-refractivity contribution in [2.24, 2.45) is 10.7 Å². The summed E-state index contributed by atoms with van der Waals surface area (Å²) in [5.74, 6) is 1.50. The first-order chi connectivity index (χ1) is 17.6. The quantitative estimate of drug-likeness (QED) is 0.287. The number of aromatic hydroxyl groups is 1. The largest absolute Gasteiger partial charge is 0.507 e. The van der Waals surface area contributed by atoms with Crippen molar-refractivity contribution in [1.82, 2.24) is 5.32 Å². The number of hydrogen-bond donors (Lipinski definition) is 3.